The van der Waals surface area contributed by atoms with Crippen LogP contribution in [0.1, 0.15) is 6.42 Å². The molecule has 0 aliphatic carbocycles. The molecule has 1 rings (SSSR count). The van der Waals surface area contributed by atoms with E-state index in [1.165, 1.54) is 0 Å². The molecule has 1 aliphatic rings. The van der Waals surface area contributed by atoms with Crippen LogP contribution >= 0.6 is 8.25 Å². The maximum absolute atomic E-state index is 10.1. The number of rotatable bonds is 3. The first-order valence-corrected chi connectivity index (χ1v) is 4.62. The fraction of sp³-hybridized carbons (Fsp3) is 1.00. The lowest BCUT2D eigenvalue weighted by atomic mass is 10.2. The van der Waals surface area contributed by atoms with Crippen LogP contribution in [0.3, 0.4) is 0 Å². The quantitative estimate of drug-likeness (QED) is 0.577. The molecule has 3 atom stereocenters. The largest absolute Gasteiger partial charge is 0.390 e. The molecule has 6 heteroatoms. The van der Waals surface area contributed by atoms with Crippen LogP contribution < -0.4 is 0 Å². The second-order valence-corrected chi connectivity index (χ2v) is 3.16. The predicted octanol–water partition coefficient (Wildman–Crippen LogP) is -0.465. The number of hydrogen-bond acceptors (Lipinski definition) is 4. The molecule has 1 saturated heterocycles. The summed E-state index contributed by atoms with van der Waals surface area (Å²) in [6, 6.07) is 0. The normalized spacial score (nSPS) is 34.0. The van der Waals surface area contributed by atoms with Crippen LogP contribution in [0.2, 0.25) is 0 Å². The summed E-state index contributed by atoms with van der Waals surface area (Å²) in [7, 11) is -2.89. The van der Waals surface area contributed by atoms with Gasteiger partial charge in [0.2, 0.25) is 0 Å². The molecule has 0 radical (unpaired) electrons. The zero-order valence-corrected chi connectivity index (χ0v) is 6.90. The van der Waals surface area contributed by atoms with Crippen molar-refractivity contribution in [3.8, 4) is 0 Å². The summed E-state index contributed by atoms with van der Waals surface area (Å²) in [5.74, 6) is 0. The van der Waals surface area contributed by atoms with Crippen molar-refractivity contribution in [1.82, 2.24) is 0 Å². The van der Waals surface area contributed by atoms with Gasteiger partial charge in [0.1, 0.15) is 6.10 Å². The van der Waals surface area contributed by atoms with Crippen molar-refractivity contribution in [2.75, 3.05) is 13.2 Å². The average molecular weight is 182 g/mol. The molecule has 0 spiro atoms. The van der Waals surface area contributed by atoms with Crippen LogP contribution in [0.25, 0.3) is 0 Å². The van der Waals surface area contributed by atoms with Crippen LogP contribution in [-0.4, -0.2) is 35.4 Å². The third-order valence-corrected chi connectivity index (χ3v) is 1.96. The van der Waals surface area contributed by atoms with E-state index in [9.17, 15) is 4.57 Å². The van der Waals surface area contributed by atoms with Gasteiger partial charge in [-0.1, -0.05) is 0 Å². The molecule has 66 valence electrons. The van der Waals surface area contributed by atoms with Gasteiger partial charge in [-0.25, -0.2) is 0 Å². The third kappa shape index (κ3) is 2.89. The van der Waals surface area contributed by atoms with Crippen molar-refractivity contribution in [2.45, 2.75) is 18.6 Å². The second-order valence-electron chi connectivity index (χ2n) is 2.34. The molecule has 1 heterocycles. The Kier molecular flexibility index (Phi) is 3.48. The minimum absolute atomic E-state index is 0.00450. The van der Waals surface area contributed by atoms with Crippen LogP contribution in [0, 0.1) is 0 Å². The number of ether oxygens (including phenoxy) is 1. The van der Waals surface area contributed by atoms with E-state index >= 15 is 0 Å². The zero-order valence-electron chi connectivity index (χ0n) is 5.90. The van der Waals surface area contributed by atoms with Crippen LogP contribution in [0.4, 0.5) is 0 Å². The van der Waals surface area contributed by atoms with Gasteiger partial charge in [-0.3, -0.25) is 4.57 Å². The molecule has 0 aromatic heterocycles. The number of aliphatic hydroxyl groups is 1. The lowest BCUT2D eigenvalue weighted by Crippen LogP contribution is -2.25. The summed E-state index contributed by atoms with van der Waals surface area (Å²) in [4.78, 5) is 8.29. The topological polar surface area (TPSA) is 76.0 Å². The molecule has 0 bridgehead atoms. The minimum atomic E-state index is -2.89. The van der Waals surface area contributed by atoms with Gasteiger partial charge in [0.05, 0.1) is 12.7 Å². The predicted molar refractivity (Wildman–Crippen MR) is 37.5 cm³/mol. The van der Waals surface area contributed by atoms with E-state index in [1.807, 2.05) is 0 Å². The van der Waals surface area contributed by atoms with E-state index in [-0.39, 0.29) is 6.61 Å². The van der Waals surface area contributed by atoms with E-state index in [0.29, 0.717) is 13.0 Å². The van der Waals surface area contributed by atoms with Gasteiger partial charge in [-0.15, -0.1) is 0 Å². The van der Waals surface area contributed by atoms with Crippen molar-refractivity contribution in [2.24, 2.45) is 0 Å². The molecule has 0 saturated carbocycles. The fourth-order valence-corrected chi connectivity index (χ4v) is 1.26. The Hall–Kier alpha value is 0.0700. The Morgan fingerprint density at radius 1 is 1.73 bits per heavy atom. The van der Waals surface area contributed by atoms with Crippen molar-refractivity contribution in [3.05, 3.63) is 0 Å². The number of hydrogen-bond donors (Lipinski definition) is 2. The summed E-state index contributed by atoms with van der Waals surface area (Å²) < 4.78 is 19.5. The third-order valence-electron chi connectivity index (χ3n) is 1.55. The first-order valence-electron chi connectivity index (χ1n) is 3.35. The minimum Gasteiger partial charge on any atom is -0.390 e. The Bertz CT molecular complexity index is 150. The summed E-state index contributed by atoms with van der Waals surface area (Å²) in [5, 5.41) is 9.12. The second kappa shape index (κ2) is 4.18. The van der Waals surface area contributed by atoms with Crippen LogP contribution in [0.5, 0.6) is 0 Å². The first-order chi connectivity index (χ1) is 5.20. The Balaban J connectivity index is 2.20. The van der Waals surface area contributed by atoms with Crippen LogP contribution in [-0.2, 0) is 13.8 Å². The van der Waals surface area contributed by atoms with Crippen molar-refractivity contribution < 1.29 is 23.8 Å². The van der Waals surface area contributed by atoms with Gasteiger partial charge < -0.3 is 19.3 Å². The van der Waals surface area contributed by atoms with Gasteiger partial charge >= 0.3 is 8.25 Å². The smallest absolute Gasteiger partial charge is 0.316 e. The molecule has 11 heavy (non-hydrogen) atoms. The molecule has 5 nitrogen and oxygen atoms in total. The summed E-state index contributed by atoms with van der Waals surface area (Å²) in [6.45, 7) is 0.483. The molecule has 1 aliphatic heterocycles. The van der Waals surface area contributed by atoms with Gasteiger partial charge in [-0.05, 0) is 6.42 Å². The Morgan fingerprint density at radius 3 is 2.91 bits per heavy atom. The maximum Gasteiger partial charge on any atom is 0.316 e. The molecule has 1 fully saturated rings. The maximum atomic E-state index is 10.1. The monoisotopic (exact) mass is 182 g/mol. The standard InChI is InChI=1S/C5H11O5P/c6-4-1-2-9-5(4)3-10-11(7)8/h4-6,11H,1-3H2,(H,7,8)/t4-,5?/m1/s1. The molecule has 0 aromatic carbocycles. The molecule has 2 unspecified atom stereocenters. The van der Waals surface area contributed by atoms with Crippen molar-refractivity contribution in [3.63, 3.8) is 0 Å². The molecule has 0 amide bonds. The van der Waals surface area contributed by atoms with Gasteiger partial charge in [0.25, 0.3) is 0 Å². The highest BCUT2D eigenvalue weighted by Gasteiger charge is 2.26. The first kappa shape index (κ1) is 9.16. The van der Waals surface area contributed by atoms with E-state index in [1.54, 1.807) is 0 Å². The van der Waals surface area contributed by atoms with Gasteiger partial charge in [-0.2, -0.15) is 0 Å². The highest BCUT2D eigenvalue weighted by molar-refractivity contribution is 7.32. The Labute approximate surface area is 64.9 Å². The van der Waals surface area contributed by atoms with E-state index < -0.39 is 20.5 Å². The summed E-state index contributed by atoms with van der Waals surface area (Å²) >= 11 is 0. The van der Waals surface area contributed by atoms with E-state index in [0.717, 1.165) is 0 Å². The van der Waals surface area contributed by atoms with E-state index in [2.05, 4.69) is 4.52 Å². The van der Waals surface area contributed by atoms with Gasteiger partial charge in [0.15, 0.2) is 0 Å². The average Bonchev–Trinajstić information content (AvgIpc) is 2.31. The lowest BCUT2D eigenvalue weighted by Gasteiger charge is -2.11. The van der Waals surface area contributed by atoms with E-state index in [4.69, 9.17) is 14.7 Å². The zero-order chi connectivity index (χ0) is 8.27. The lowest BCUT2D eigenvalue weighted by molar-refractivity contribution is 0.0104. The van der Waals surface area contributed by atoms with Crippen molar-refractivity contribution in [1.29, 1.82) is 0 Å². The molecule has 2 N–H and O–H groups in total. The molecular weight excluding hydrogens is 171 g/mol. The summed E-state index contributed by atoms with van der Waals surface area (Å²) in [6.07, 6.45) is -0.423. The highest BCUT2D eigenvalue weighted by atomic mass is 31.1. The fourth-order valence-electron chi connectivity index (χ4n) is 0.950. The van der Waals surface area contributed by atoms with Crippen molar-refractivity contribution >= 4 is 8.25 Å². The number of aliphatic hydroxyl groups excluding tert-OH is 1. The highest BCUT2D eigenvalue weighted by Crippen LogP contribution is 2.20. The van der Waals surface area contributed by atoms with Gasteiger partial charge in [0, 0.05) is 6.61 Å². The molecular formula is C5H11O5P. The molecule has 0 aromatic rings. The van der Waals surface area contributed by atoms with Crippen LogP contribution in [0.15, 0.2) is 0 Å². The Morgan fingerprint density at radius 2 is 2.45 bits per heavy atom. The SMILES string of the molecule is O=[PH](O)OCC1OCC[C@H]1O. The summed E-state index contributed by atoms with van der Waals surface area (Å²) in [5.41, 5.74) is 0.